The first-order chi connectivity index (χ1) is 22.1. The van der Waals surface area contributed by atoms with Gasteiger partial charge in [0.2, 0.25) is 0 Å². The Morgan fingerprint density at radius 2 is 1.61 bits per heavy atom. The Hall–Kier alpha value is -3.54. The van der Waals surface area contributed by atoms with Crippen molar-refractivity contribution in [1.29, 1.82) is 0 Å². The molecule has 4 atom stereocenters. The monoisotopic (exact) mass is 640 g/mol. The number of piperidine rings is 1. The van der Waals surface area contributed by atoms with Gasteiger partial charge in [0, 0.05) is 35.0 Å². The van der Waals surface area contributed by atoms with E-state index in [0.717, 1.165) is 41.3 Å². The van der Waals surface area contributed by atoms with Crippen molar-refractivity contribution >= 4 is 37.2 Å². The Bertz CT molecular complexity index is 1610. The molecule has 0 radical (unpaired) electrons. The first-order valence-corrected chi connectivity index (χ1v) is 19.5. The minimum Gasteiger partial charge on any atom is -0.432 e. The Morgan fingerprint density at radius 1 is 0.935 bits per heavy atom. The number of rotatable bonds is 7. The third-order valence-corrected chi connectivity index (χ3v) is 13.3. The zero-order valence-corrected chi connectivity index (χ0v) is 27.9. The molecule has 2 spiro atoms. The summed E-state index contributed by atoms with van der Waals surface area (Å²) < 4.78 is 6.85. The number of nitrogens with one attached hydrogen (secondary N) is 1. The molecule has 3 aromatic rings. The standard InChI is InChI=1S/C36H44N4O5Si/c1-25-32(46(2,3)44)31(16-21-41)45-36(25)29-22-28(14-15-30(29)38(34(36)43)23-26-10-6-4-7-11-26)39-24-40(27-12-8-5-9-13-27)35(33(39)42)17-19-37-20-18-35/h4-15,22,25,31-32,37,41,44H,16-21,23-24H2,1-3H3/t25-,31+,32-,36+/m1/s1. The zero-order valence-electron chi connectivity index (χ0n) is 26.9. The van der Waals surface area contributed by atoms with Crippen molar-refractivity contribution in [3.63, 3.8) is 0 Å². The molecule has 4 aliphatic rings. The van der Waals surface area contributed by atoms with E-state index in [9.17, 15) is 19.5 Å². The highest BCUT2D eigenvalue weighted by Crippen LogP contribution is 2.60. The number of fused-ring (bicyclic) bond motifs is 2. The summed E-state index contributed by atoms with van der Waals surface area (Å²) in [6.45, 7) is 7.99. The molecule has 2 amide bonds. The van der Waals surface area contributed by atoms with Crippen molar-refractivity contribution in [1.82, 2.24) is 5.32 Å². The molecule has 4 aliphatic heterocycles. The Morgan fingerprint density at radius 3 is 2.26 bits per heavy atom. The van der Waals surface area contributed by atoms with Crippen molar-refractivity contribution in [2.24, 2.45) is 5.92 Å². The highest BCUT2D eigenvalue weighted by Gasteiger charge is 2.66. The molecule has 0 bridgehead atoms. The molecule has 9 nitrogen and oxygen atoms in total. The zero-order chi connectivity index (χ0) is 32.3. The van der Waals surface area contributed by atoms with Gasteiger partial charge in [0.15, 0.2) is 13.9 Å². The van der Waals surface area contributed by atoms with Gasteiger partial charge in [0.05, 0.1) is 25.0 Å². The number of aliphatic hydroxyl groups is 1. The van der Waals surface area contributed by atoms with Gasteiger partial charge in [-0.1, -0.05) is 55.5 Å². The summed E-state index contributed by atoms with van der Waals surface area (Å²) in [5, 5.41) is 13.4. The summed E-state index contributed by atoms with van der Waals surface area (Å²) in [6, 6.07) is 25.9. The van der Waals surface area contributed by atoms with Gasteiger partial charge >= 0.3 is 0 Å². The maximum atomic E-state index is 14.8. The summed E-state index contributed by atoms with van der Waals surface area (Å²) in [6.07, 6.45) is 1.28. The van der Waals surface area contributed by atoms with Gasteiger partial charge in [-0.15, -0.1) is 0 Å². The second-order valence-corrected chi connectivity index (χ2v) is 17.8. The lowest BCUT2D eigenvalue weighted by Crippen LogP contribution is -2.55. The van der Waals surface area contributed by atoms with Gasteiger partial charge in [-0.05, 0) is 81.3 Å². The molecule has 3 saturated heterocycles. The third kappa shape index (κ3) is 4.72. The fraction of sp³-hybridized carbons (Fsp3) is 0.444. The number of aliphatic hydroxyl groups excluding tert-OH is 1. The number of para-hydroxylation sites is 1. The van der Waals surface area contributed by atoms with Crippen LogP contribution in [0.5, 0.6) is 0 Å². The lowest BCUT2D eigenvalue weighted by Gasteiger charge is -2.39. The molecule has 7 rings (SSSR count). The maximum absolute atomic E-state index is 14.8. The molecule has 0 saturated carbocycles. The van der Waals surface area contributed by atoms with Crippen LogP contribution >= 0.6 is 0 Å². The fourth-order valence-electron chi connectivity index (χ4n) is 8.72. The van der Waals surface area contributed by atoms with E-state index in [0.29, 0.717) is 32.5 Å². The van der Waals surface area contributed by atoms with Crippen LogP contribution in [0.2, 0.25) is 18.6 Å². The van der Waals surface area contributed by atoms with Crippen LogP contribution < -0.4 is 20.0 Å². The van der Waals surface area contributed by atoms with Crippen molar-refractivity contribution in [3.05, 3.63) is 90.0 Å². The molecule has 4 heterocycles. The molecule has 46 heavy (non-hydrogen) atoms. The van der Waals surface area contributed by atoms with Crippen LogP contribution in [0.3, 0.4) is 0 Å². The minimum absolute atomic E-state index is 0.0673. The number of hydrogen-bond acceptors (Lipinski definition) is 7. The van der Waals surface area contributed by atoms with Gasteiger partial charge in [0.1, 0.15) is 5.54 Å². The van der Waals surface area contributed by atoms with Crippen molar-refractivity contribution < 1.29 is 24.2 Å². The van der Waals surface area contributed by atoms with Crippen LogP contribution in [0, 0.1) is 5.92 Å². The predicted molar refractivity (Wildman–Crippen MR) is 181 cm³/mol. The van der Waals surface area contributed by atoms with Crippen molar-refractivity contribution in [2.45, 2.75) is 68.6 Å². The van der Waals surface area contributed by atoms with Crippen molar-refractivity contribution in [3.8, 4) is 0 Å². The first kappa shape index (κ1) is 31.1. The SMILES string of the molecule is C[C@@H]1[C@@H]([Si](C)(C)O)[C@H](CCO)O[C@@]12C(=O)N(Cc1ccccc1)c1ccc(N3CN(c4ccccc4)C4(CCNCC4)C3=O)cc12. The van der Waals surface area contributed by atoms with Crippen LogP contribution in [-0.2, 0) is 26.5 Å². The van der Waals surface area contributed by atoms with E-state index >= 15 is 0 Å². The number of benzene rings is 3. The lowest BCUT2D eigenvalue weighted by atomic mass is 9.82. The summed E-state index contributed by atoms with van der Waals surface area (Å²) in [7, 11) is -2.84. The van der Waals surface area contributed by atoms with E-state index in [1.165, 1.54) is 0 Å². The van der Waals surface area contributed by atoms with E-state index in [-0.39, 0.29) is 29.9 Å². The topological polar surface area (TPSA) is 106 Å². The number of hydrogen-bond donors (Lipinski definition) is 3. The van der Waals surface area contributed by atoms with Crippen LogP contribution in [0.1, 0.15) is 37.3 Å². The fourth-order valence-corrected chi connectivity index (χ4v) is 11.3. The molecule has 242 valence electrons. The Balaban J connectivity index is 1.35. The molecular formula is C36H44N4O5Si. The molecule has 3 fully saturated rings. The molecule has 0 unspecified atom stereocenters. The summed E-state index contributed by atoms with van der Waals surface area (Å²) in [5.74, 6) is -0.435. The van der Waals surface area contributed by atoms with Crippen LogP contribution in [0.15, 0.2) is 78.9 Å². The number of anilines is 3. The van der Waals surface area contributed by atoms with Gasteiger partial charge in [-0.2, -0.15) is 0 Å². The molecular weight excluding hydrogens is 597 g/mol. The van der Waals surface area contributed by atoms with E-state index in [2.05, 4.69) is 22.3 Å². The summed E-state index contributed by atoms with van der Waals surface area (Å²) >= 11 is 0. The van der Waals surface area contributed by atoms with Gasteiger partial charge < -0.3 is 29.8 Å². The quantitative estimate of drug-likeness (QED) is 0.330. The molecule has 0 aromatic heterocycles. The average molecular weight is 641 g/mol. The first-order valence-electron chi connectivity index (χ1n) is 16.5. The van der Waals surface area contributed by atoms with E-state index in [1.54, 1.807) is 4.90 Å². The Kier molecular flexibility index (Phi) is 7.84. The number of nitrogens with zero attached hydrogens (tertiary/aromatic N) is 3. The smallest absolute Gasteiger partial charge is 0.264 e. The third-order valence-electron chi connectivity index (χ3n) is 10.8. The van der Waals surface area contributed by atoms with Gasteiger partial charge in [-0.25, -0.2) is 0 Å². The summed E-state index contributed by atoms with van der Waals surface area (Å²) in [5.41, 5.74) is 1.96. The highest BCUT2D eigenvalue weighted by molar-refractivity contribution is 6.71. The van der Waals surface area contributed by atoms with E-state index in [4.69, 9.17) is 4.74 Å². The number of carbonyl (C=O) groups is 2. The number of ether oxygens (including phenoxy) is 1. The summed E-state index contributed by atoms with van der Waals surface area (Å²) in [4.78, 5) is 46.7. The average Bonchev–Trinajstić information content (AvgIpc) is 3.60. The second-order valence-electron chi connectivity index (χ2n) is 13.9. The lowest BCUT2D eigenvalue weighted by molar-refractivity contribution is -0.146. The van der Waals surface area contributed by atoms with Crippen LogP contribution in [-0.4, -0.2) is 68.0 Å². The largest absolute Gasteiger partial charge is 0.432 e. The van der Waals surface area contributed by atoms with Gasteiger partial charge in [0.25, 0.3) is 11.8 Å². The van der Waals surface area contributed by atoms with E-state index < -0.39 is 25.6 Å². The van der Waals surface area contributed by atoms with E-state index in [1.807, 2.05) is 91.6 Å². The highest BCUT2D eigenvalue weighted by atomic mass is 28.4. The normalized spacial score (nSPS) is 27.3. The second kappa shape index (κ2) is 11.6. The Labute approximate surface area is 271 Å². The molecule has 3 aromatic carbocycles. The van der Waals surface area contributed by atoms with Crippen molar-refractivity contribution in [2.75, 3.05) is 41.1 Å². The molecule has 10 heteroatoms. The molecule has 0 aliphatic carbocycles. The van der Waals surface area contributed by atoms with Gasteiger partial charge in [-0.3, -0.25) is 14.5 Å². The minimum atomic E-state index is -2.84. The maximum Gasteiger partial charge on any atom is 0.264 e. The number of amides is 2. The molecule has 3 N–H and O–H groups in total. The predicted octanol–water partition coefficient (Wildman–Crippen LogP) is 4.35. The number of carbonyl (C=O) groups excluding carboxylic acids is 2. The van der Waals surface area contributed by atoms with Crippen LogP contribution in [0.4, 0.5) is 17.1 Å². The van der Waals surface area contributed by atoms with Crippen LogP contribution in [0.25, 0.3) is 0 Å².